The van der Waals surface area contributed by atoms with Gasteiger partial charge >= 0.3 is 0 Å². The van der Waals surface area contributed by atoms with Crippen molar-refractivity contribution in [3.63, 3.8) is 0 Å². The van der Waals surface area contributed by atoms with Crippen LogP contribution in [-0.2, 0) is 22.7 Å². The molecule has 2 aliphatic rings. The molecule has 0 saturated carbocycles. The van der Waals surface area contributed by atoms with Crippen LogP contribution in [0.4, 0.5) is 0 Å². The SMILES string of the molecule is O=C1COCc2ccccc21.OC1=COCc2ccccc21. The highest BCUT2D eigenvalue weighted by Gasteiger charge is 2.15. The lowest BCUT2D eigenvalue weighted by molar-refractivity contribution is 0.0665. The van der Waals surface area contributed by atoms with Gasteiger partial charge in [0.25, 0.3) is 0 Å². The smallest absolute Gasteiger partial charge is 0.188 e. The number of benzene rings is 2. The van der Waals surface area contributed by atoms with Crippen LogP contribution in [0.1, 0.15) is 27.0 Å². The van der Waals surface area contributed by atoms with Crippen molar-refractivity contribution in [2.24, 2.45) is 0 Å². The van der Waals surface area contributed by atoms with Crippen LogP contribution in [0.15, 0.2) is 54.8 Å². The van der Waals surface area contributed by atoms with Crippen molar-refractivity contribution in [1.29, 1.82) is 0 Å². The van der Waals surface area contributed by atoms with E-state index < -0.39 is 0 Å². The van der Waals surface area contributed by atoms with Crippen LogP contribution in [0.25, 0.3) is 5.76 Å². The Bertz CT molecular complexity index is 713. The van der Waals surface area contributed by atoms with Gasteiger partial charge in [0.05, 0.1) is 6.61 Å². The minimum Gasteiger partial charge on any atom is -0.504 e. The van der Waals surface area contributed by atoms with E-state index >= 15 is 0 Å². The van der Waals surface area contributed by atoms with Gasteiger partial charge in [-0.15, -0.1) is 0 Å². The molecule has 4 heteroatoms. The van der Waals surface area contributed by atoms with Gasteiger partial charge in [-0.3, -0.25) is 4.79 Å². The van der Waals surface area contributed by atoms with Crippen LogP contribution in [0.5, 0.6) is 0 Å². The van der Waals surface area contributed by atoms with Gasteiger partial charge in [0.1, 0.15) is 19.5 Å². The highest BCUT2D eigenvalue weighted by Crippen LogP contribution is 2.21. The minimum atomic E-state index is 0.0897. The Morgan fingerprint density at radius 1 is 0.818 bits per heavy atom. The van der Waals surface area contributed by atoms with E-state index in [0.717, 1.165) is 22.3 Å². The number of hydrogen-bond donors (Lipinski definition) is 1. The van der Waals surface area contributed by atoms with Gasteiger partial charge in [-0.1, -0.05) is 48.5 Å². The molecule has 1 N–H and O–H groups in total. The third kappa shape index (κ3) is 3.02. The zero-order valence-electron chi connectivity index (χ0n) is 12.0. The summed E-state index contributed by atoms with van der Waals surface area (Å²) in [6.45, 7) is 1.36. The topological polar surface area (TPSA) is 55.8 Å². The fraction of sp³-hybridized carbons (Fsp3) is 0.167. The summed E-state index contributed by atoms with van der Waals surface area (Å²) in [5.41, 5.74) is 3.73. The first kappa shape index (κ1) is 14.4. The van der Waals surface area contributed by atoms with Crippen molar-refractivity contribution in [3.05, 3.63) is 77.0 Å². The Hall–Kier alpha value is -2.59. The quantitative estimate of drug-likeness (QED) is 0.808. The molecule has 2 heterocycles. The number of rotatable bonds is 0. The summed E-state index contributed by atoms with van der Waals surface area (Å²) >= 11 is 0. The second-order valence-electron chi connectivity index (χ2n) is 5.04. The lowest BCUT2D eigenvalue weighted by atomic mass is 10.0. The largest absolute Gasteiger partial charge is 0.504 e. The van der Waals surface area contributed by atoms with Crippen LogP contribution in [-0.4, -0.2) is 17.5 Å². The molecular formula is C18H16O4. The van der Waals surface area contributed by atoms with Crippen LogP contribution < -0.4 is 0 Å². The van der Waals surface area contributed by atoms with E-state index in [9.17, 15) is 9.90 Å². The van der Waals surface area contributed by atoms with Gasteiger partial charge in [-0.25, -0.2) is 0 Å². The van der Waals surface area contributed by atoms with Gasteiger partial charge in [0.2, 0.25) is 0 Å². The van der Waals surface area contributed by atoms with E-state index in [2.05, 4.69) is 0 Å². The Kier molecular flexibility index (Phi) is 4.21. The molecule has 22 heavy (non-hydrogen) atoms. The lowest BCUT2D eigenvalue weighted by Gasteiger charge is -2.13. The summed E-state index contributed by atoms with van der Waals surface area (Å²) in [6.07, 6.45) is 1.38. The average Bonchev–Trinajstić information content (AvgIpc) is 2.57. The van der Waals surface area contributed by atoms with E-state index in [1.54, 1.807) is 0 Å². The molecule has 0 bridgehead atoms. The predicted octanol–water partition coefficient (Wildman–Crippen LogP) is 3.47. The first-order valence-corrected chi connectivity index (χ1v) is 7.03. The number of ketones is 1. The summed E-state index contributed by atoms with van der Waals surface area (Å²) in [5.74, 6) is 0.304. The van der Waals surface area contributed by atoms with Gasteiger partial charge in [-0.2, -0.15) is 0 Å². The van der Waals surface area contributed by atoms with Gasteiger partial charge in [-0.05, 0) is 5.56 Å². The lowest BCUT2D eigenvalue weighted by Crippen LogP contribution is -2.17. The minimum absolute atomic E-state index is 0.0897. The first-order chi connectivity index (χ1) is 10.8. The molecule has 0 fully saturated rings. The fourth-order valence-corrected chi connectivity index (χ4v) is 2.42. The molecule has 0 aromatic heterocycles. The molecule has 2 aromatic rings. The van der Waals surface area contributed by atoms with Crippen LogP contribution >= 0.6 is 0 Å². The molecule has 2 aliphatic heterocycles. The number of carbonyl (C=O) groups excluding carboxylic acids is 1. The number of Topliss-reactive ketones (excluding diaryl/α,β-unsaturated/α-hetero) is 1. The number of fused-ring (bicyclic) bond motifs is 2. The Morgan fingerprint density at radius 2 is 1.45 bits per heavy atom. The number of ether oxygens (including phenoxy) is 2. The van der Waals surface area contributed by atoms with E-state index in [-0.39, 0.29) is 18.1 Å². The Labute approximate surface area is 128 Å². The maximum absolute atomic E-state index is 11.2. The average molecular weight is 296 g/mol. The predicted molar refractivity (Wildman–Crippen MR) is 82.3 cm³/mol. The Morgan fingerprint density at radius 3 is 2.14 bits per heavy atom. The number of aliphatic hydroxyl groups excluding tert-OH is 1. The third-order valence-corrected chi connectivity index (χ3v) is 3.54. The van der Waals surface area contributed by atoms with Crippen LogP contribution in [0, 0.1) is 0 Å². The molecular weight excluding hydrogens is 280 g/mol. The van der Waals surface area contributed by atoms with Crippen molar-refractivity contribution >= 4 is 11.5 Å². The molecule has 4 rings (SSSR count). The molecule has 0 atom stereocenters. The van der Waals surface area contributed by atoms with E-state index in [4.69, 9.17) is 9.47 Å². The zero-order chi connectivity index (χ0) is 15.4. The second kappa shape index (κ2) is 6.45. The first-order valence-electron chi connectivity index (χ1n) is 7.03. The van der Waals surface area contributed by atoms with Gasteiger partial charge in [0.15, 0.2) is 11.5 Å². The molecule has 2 aromatic carbocycles. The standard InChI is InChI=1S/2C9H8O2/c2*10-9-6-11-5-7-3-1-2-4-8(7)9/h1-4H,5-6H2;1-4,6,10H,5H2. The maximum atomic E-state index is 11.2. The van der Waals surface area contributed by atoms with Crippen molar-refractivity contribution in [2.45, 2.75) is 13.2 Å². The molecule has 112 valence electrons. The van der Waals surface area contributed by atoms with Crippen molar-refractivity contribution in [2.75, 3.05) is 6.61 Å². The van der Waals surface area contributed by atoms with Crippen molar-refractivity contribution in [3.8, 4) is 0 Å². The number of carbonyl (C=O) groups is 1. The van der Waals surface area contributed by atoms with E-state index in [0.29, 0.717) is 13.2 Å². The van der Waals surface area contributed by atoms with Crippen LogP contribution in [0.2, 0.25) is 0 Å². The molecule has 0 unspecified atom stereocenters. The zero-order valence-corrected chi connectivity index (χ0v) is 12.0. The monoisotopic (exact) mass is 296 g/mol. The maximum Gasteiger partial charge on any atom is 0.188 e. The summed E-state index contributed by atoms with van der Waals surface area (Å²) in [7, 11) is 0. The van der Waals surface area contributed by atoms with Crippen molar-refractivity contribution in [1.82, 2.24) is 0 Å². The summed E-state index contributed by atoms with van der Waals surface area (Å²) < 4.78 is 10.1. The molecule has 0 aliphatic carbocycles. The third-order valence-electron chi connectivity index (χ3n) is 3.54. The molecule has 0 spiro atoms. The highest BCUT2D eigenvalue weighted by molar-refractivity contribution is 5.99. The van der Waals surface area contributed by atoms with Crippen molar-refractivity contribution < 1.29 is 19.4 Å². The number of aliphatic hydroxyl groups is 1. The molecule has 4 nitrogen and oxygen atoms in total. The van der Waals surface area contributed by atoms with Gasteiger partial charge < -0.3 is 14.6 Å². The second-order valence-corrected chi connectivity index (χ2v) is 5.04. The number of hydrogen-bond acceptors (Lipinski definition) is 4. The normalized spacial score (nSPS) is 15.5. The van der Waals surface area contributed by atoms with Crippen LogP contribution in [0.3, 0.4) is 0 Å². The van der Waals surface area contributed by atoms with Gasteiger partial charge in [0, 0.05) is 16.7 Å². The summed E-state index contributed by atoms with van der Waals surface area (Å²) in [4.78, 5) is 11.2. The Balaban J connectivity index is 0.000000131. The van der Waals surface area contributed by atoms with E-state index in [1.165, 1.54) is 6.26 Å². The van der Waals surface area contributed by atoms with E-state index in [1.807, 2.05) is 48.5 Å². The highest BCUT2D eigenvalue weighted by atomic mass is 16.5. The molecule has 0 saturated heterocycles. The fourth-order valence-electron chi connectivity index (χ4n) is 2.42. The summed E-state index contributed by atoms with van der Waals surface area (Å²) in [5, 5.41) is 9.30. The molecule has 0 radical (unpaired) electrons. The molecule has 0 amide bonds. The summed E-state index contributed by atoms with van der Waals surface area (Å²) in [6, 6.07) is 15.2.